The number of rotatable bonds is 3. The highest BCUT2D eigenvalue weighted by Crippen LogP contribution is 2.23. The van der Waals surface area contributed by atoms with Crippen LogP contribution < -0.4 is 11.1 Å². The number of aromatic nitrogens is 2. The summed E-state index contributed by atoms with van der Waals surface area (Å²) in [4.78, 5) is 7.88. The number of hydrogen-bond acceptors (Lipinski definition) is 4. The second kappa shape index (κ2) is 5.20. The number of hydrogen-bond donors (Lipinski definition) is 3. The number of thioether (sulfide) groups is 1. The topological polar surface area (TPSA) is 66.7 Å². The van der Waals surface area contributed by atoms with Gasteiger partial charge in [-0.25, -0.2) is 4.98 Å². The number of H-pyrrole nitrogens is 1. The molecule has 1 aromatic heterocycles. The second-order valence-electron chi connectivity index (χ2n) is 4.78. The van der Waals surface area contributed by atoms with Crippen molar-refractivity contribution in [1.29, 1.82) is 0 Å². The predicted octanol–water partition coefficient (Wildman–Crippen LogP) is 2.38. The summed E-state index contributed by atoms with van der Waals surface area (Å²) >= 11 is 1.79. The highest BCUT2D eigenvalue weighted by atomic mass is 32.2. The van der Waals surface area contributed by atoms with Crippen molar-refractivity contribution >= 4 is 28.5 Å². The molecular formula is C13H18N4S. The summed E-state index contributed by atoms with van der Waals surface area (Å²) in [5.41, 5.74) is 8.55. The van der Waals surface area contributed by atoms with Crippen molar-refractivity contribution in [1.82, 2.24) is 15.3 Å². The maximum absolute atomic E-state index is 5.76. The van der Waals surface area contributed by atoms with Gasteiger partial charge in [-0.05, 0) is 37.6 Å². The number of aromatic amines is 1. The average molecular weight is 262 g/mol. The Bertz CT molecular complexity index is 531. The quantitative estimate of drug-likeness (QED) is 0.587. The van der Waals surface area contributed by atoms with Gasteiger partial charge >= 0.3 is 0 Å². The first-order valence-corrected chi connectivity index (χ1v) is 7.41. The minimum atomic E-state index is 0.627. The van der Waals surface area contributed by atoms with Crippen LogP contribution >= 0.6 is 11.8 Å². The van der Waals surface area contributed by atoms with Crippen molar-refractivity contribution in [2.24, 2.45) is 0 Å². The van der Waals surface area contributed by atoms with Crippen molar-refractivity contribution in [3.05, 3.63) is 18.2 Å². The lowest BCUT2D eigenvalue weighted by molar-refractivity contribution is 0.430. The fourth-order valence-corrected chi connectivity index (χ4v) is 3.31. The molecule has 3 rings (SSSR count). The summed E-state index contributed by atoms with van der Waals surface area (Å²) in [6.07, 6.45) is 3.93. The first kappa shape index (κ1) is 11.9. The van der Waals surface area contributed by atoms with Gasteiger partial charge in [0.1, 0.15) is 0 Å². The molecule has 1 saturated heterocycles. The molecule has 0 spiro atoms. The highest BCUT2D eigenvalue weighted by Gasteiger charge is 2.13. The summed E-state index contributed by atoms with van der Waals surface area (Å²) < 4.78 is 0. The van der Waals surface area contributed by atoms with Gasteiger partial charge in [-0.15, -0.1) is 0 Å². The van der Waals surface area contributed by atoms with E-state index in [0.29, 0.717) is 6.04 Å². The van der Waals surface area contributed by atoms with Crippen LogP contribution in [0.25, 0.3) is 11.0 Å². The lowest BCUT2D eigenvalue weighted by Crippen LogP contribution is -2.35. The van der Waals surface area contributed by atoms with Crippen molar-refractivity contribution < 1.29 is 0 Å². The Kier molecular flexibility index (Phi) is 3.43. The number of piperidine rings is 1. The molecule has 1 atom stereocenters. The number of nitrogens with zero attached hydrogens (tertiary/aromatic N) is 1. The van der Waals surface area contributed by atoms with Crippen molar-refractivity contribution in [2.45, 2.75) is 30.5 Å². The van der Waals surface area contributed by atoms with Gasteiger partial charge in [-0.3, -0.25) is 0 Å². The molecule has 1 aliphatic rings. The van der Waals surface area contributed by atoms with Crippen molar-refractivity contribution in [3.63, 3.8) is 0 Å². The van der Waals surface area contributed by atoms with Gasteiger partial charge in [-0.1, -0.05) is 18.2 Å². The van der Waals surface area contributed by atoms with Crippen LogP contribution in [0.3, 0.4) is 0 Å². The van der Waals surface area contributed by atoms with E-state index in [2.05, 4.69) is 15.3 Å². The lowest BCUT2D eigenvalue weighted by Gasteiger charge is -2.22. The molecule has 0 amide bonds. The molecule has 0 saturated carbocycles. The van der Waals surface area contributed by atoms with Crippen LogP contribution in [-0.4, -0.2) is 28.3 Å². The van der Waals surface area contributed by atoms with Crippen LogP contribution in [-0.2, 0) is 0 Å². The van der Waals surface area contributed by atoms with Gasteiger partial charge in [0, 0.05) is 17.5 Å². The van der Waals surface area contributed by atoms with Gasteiger partial charge in [0.25, 0.3) is 0 Å². The zero-order valence-electron chi connectivity index (χ0n) is 10.3. The lowest BCUT2D eigenvalue weighted by atomic mass is 10.1. The van der Waals surface area contributed by atoms with E-state index < -0.39 is 0 Å². The standard InChI is InChI=1S/C13H18N4S/c14-9-4-5-11-12(7-9)17-13(16-11)18-8-10-3-1-2-6-15-10/h4-5,7,10,15H,1-3,6,8,14H2,(H,16,17). The van der Waals surface area contributed by atoms with Gasteiger partial charge in [0.15, 0.2) is 5.16 Å². The Balaban J connectivity index is 1.67. The summed E-state index contributed by atoms with van der Waals surface area (Å²) in [5.74, 6) is 1.08. The third-order valence-electron chi connectivity index (χ3n) is 3.32. The number of imidazole rings is 1. The van der Waals surface area contributed by atoms with E-state index in [4.69, 9.17) is 5.73 Å². The second-order valence-corrected chi connectivity index (χ2v) is 5.79. The Hall–Kier alpha value is -1.20. The third kappa shape index (κ3) is 2.62. The average Bonchev–Trinajstić information content (AvgIpc) is 2.79. The Morgan fingerprint density at radius 1 is 1.39 bits per heavy atom. The van der Waals surface area contributed by atoms with Gasteiger partial charge in [0.05, 0.1) is 11.0 Å². The monoisotopic (exact) mass is 262 g/mol. The van der Waals surface area contributed by atoms with Gasteiger partial charge in [0.2, 0.25) is 0 Å². The summed E-state index contributed by atoms with van der Waals surface area (Å²) in [5, 5.41) is 4.54. The first-order chi connectivity index (χ1) is 8.81. The largest absolute Gasteiger partial charge is 0.399 e. The first-order valence-electron chi connectivity index (χ1n) is 6.43. The zero-order valence-corrected chi connectivity index (χ0v) is 11.1. The summed E-state index contributed by atoms with van der Waals surface area (Å²) in [6, 6.07) is 6.41. The molecule has 4 nitrogen and oxygen atoms in total. The molecule has 96 valence electrons. The van der Waals surface area contributed by atoms with Crippen LogP contribution in [0.15, 0.2) is 23.4 Å². The molecule has 1 unspecified atom stereocenters. The number of benzene rings is 1. The maximum Gasteiger partial charge on any atom is 0.166 e. The molecule has 2 aromatic rings. The number of nitrogens with one attached hydrogen (secondary N) is 2. The Morgan fingerprint density at radius 3 is 3.17 bits per heavy atom. The van der Waals surface area contributed by atoms with E-state index in [1.807, 2.05) is 18.2 Å². The molecule has 2 heterocycles. The fraction of sp³-hybridized carbons (Fsp3) is 0.462. The Morgan fingerprint density at radius 2 is 2.33 bits per heavy atom. The summed E-state index contributed by atoms with van der Waals surface area (Å²) in [6.45, 7) is 1.15. The fourth-order valence-electron chi connectivity index (χ4n) is 2.32. The molecule has 5 heteroatoms. The Labute approximate surface area is 111 Å². The molecule has 4 N–H and O–H groups in total. The smallest absolute Gasteiger partial charge is 0.166 e. The van der Waals surface area contributed by atoms with Crippen LogP contribution in [0.4, 0.5) is 5.69 Å². The molecule has 18 heavy (non-hydrogen) atoms. The van der Waals surface area contributed by atoms with Crippen molar-refractivity contribution in [2.75, 3.05) is 18.0 Å². The van der Waals surface area contributed by atoms with Crippen molar-refractivity contribution in [3.8, 4) is 0 Å². The van der Waals surface area contributed by atoms with E-state index >= 15 is 0 Å². The number of nitrogens with two attached hydrogens (primary N) is 1. The minimum absolute atomic E-state index is 0.627. The van der Waals surface area contributed by atoms with Crippen LogP contribution in [0.1, 0.15) is 19.3 Å². The number of anilines is 1. The predicted molar refractivity (Wildman–Crippen MR) is 76.9 cm³/mol. The highest BCUT2D eigenvalue weighted by molar-refractivity contribution is 7.99. The van der Waals surface area contributed by atoms with E-state index in [-0.39, 0.29) is 0 Å². The van der Waals surface area contributed by atoms with Crippen LogP contribution in [0, 0.1) is 0 Å². The molecule has 1 aromatic carbocycles. The van der Waals surface area contributed by atoms with E-state index in [1.165, 1.54) is 19.3 Å². The molecule has 0 bridgehead atoms. The zero-order chi connectivity index (χ0) is 12.4. The van der Waals surface area contributed by atoms with E-state index in [9.17, 15) is 0 Å². The number of fused-ring (bicyclic) bond motifs is 1. The molecule has 1 fully saturated rings. The molecular weight excluding hydrogens is 244 g/mol. The minimum Gasteiger partial charge on any atom is -0.399 e. The third-order valence-corrected chi connectivity index (χ3v) is 4.35. The molecule has 0 aliphatic carbocycles. The normalized spacial score (nSPS) is 20.3. The van der Waals surface area contributed by atoms with Crippen LogP contribution in [0.5, 0.6) is 0 Å². The maximum atomic E-state index is 5.76. The van der Waals surface area contributed by atoms with Gasteiger partial charge < -0.3 is 16.0 Å². The van der Waals surface area contributed by atoms with E-state index in [0.717, 1.165) is 34.2 Å². The van der Waals surface area contributed by atoms with Crippen LogP contribution in [0.2, 0.25) is 0 Å². The molecule has 1 aliphatic heterocycles. The SMILES string of the molecule is Nc1ccc2nc(SCC3CCCCN3)[nH]c2c1. The summed E-state index contributed by atoms with van der Waals surface area (Å²) in [7, 11) is 0. The molecule has 0 radical (unpaired) electrons. The number of nitrogen functional groups attached to an aromatic ring is 1. The van der Waals surface area contributed by atoms with E-state index in [1.54, 1.807) is 11.8 Å². The van der Waals surface area contributed by atoms with Gasteiger partial charge in [-0.2, -0.15) is 0 Å².